The number of aryl methyl sites for hydroxylation is 1. The van der Waals surface area contributed by atoms with E-state index in [1.165, 1.54) is 19.1 Å². The summed E-state index contributed by atoms with van der Waals surface area (Å²) in [5.41, 5.74) is 0.932. The number of hydrogen-bond donors (Lipinski definition) is 1. The number of piperidine rings is 1. The van der Waals surface area contributed by atoms with Gasteiger partial charge in [0, 0.05) is 12.1 Å². The molecule has 0 aromatic heterocycles. The number of carbonyl (C=O) groups excluding carboxylic acids is 2. The standard InChI is InChI=1S/C19H28N2O5S/c1-13-8-10-17(11-9-13)27(24,25)20-16(4)19(23)26-12-18(22)21-14(2)6-5-7-15(21)3/h8-11,14-16,20H,5-7,12H2,1-4H3/t14-,15+,16-/m0/s1. The van der Waals surface area contributed by atoms with Crippen LogP contribution in [0.1, 0.15) is 45.6 Å². The number of hydrogen-bond acceptors (Lipinski definition) is 5. The molecule has 1 aliphatic rings. The van der Waals surface area contributed by atoms with E-state index >= 15 is 0 Å². The highest BCUT2D eigenvalue weighted by molar-refractivity contribution is 7.89. The van der Waals surface area contributed by atoms with Gasteiger partial charge in [-0.2, -0.15) is 4.72 Å². The van der Waals surface area contributed by atoms with Gasteiger partial charge in [-0.1, -0.05) is 17.7 Å². The van der Waals surface area contributed by atoms with Crippen molar-refractivity contribution in [2.24, 2.45) is 0 Å². The predicted octanol–water partition coefficient (Wildman–Crippen LogP) is 1.99. The summed E-state index contributed by atoms with van der Waals surface area (Å²) in [5, 5.41) is 0. The molecule has 1 aromatic rings. The van der Waals surface area contributed by atoms with Gasteiger partial charge in [0.25, 0.3) is 5.91 Å². The fraction of sp³-hybridized carbons (Fsp3) is 0.579. The van der Waals surface area contributed by atoms with Crippen LogP contribution in [0.15, 0.2) is 29.2 Å². The third kappa shape index (κ3) is 5.52. The number of rotatable bonds is 6. The molecule has 1 N–H and O–H groups in total. The lowest BCUT2D eigenvalue weighted by Crippen LogP contribution is -2.49. The number of benzene rings is 1. The Morgan fingerprint density at radius 2 is 1.74 bits per heavy atom. The molecule has 0 bridgehead atoms. The summed E-state index contributed by atoms with van der Waals surface area (Å²) in [5.74, 6) is -1.03. The fourth-order valence-corrected chi connectivity index (χ4v) is 4.50. The van der Waals surface area contributed by atoms with Gasteiger partial charge in [-0.25, -0.2) is 8.42 Å². The second-order valence-electron chi connectivity index (χ2n) is 7.19. The monoisotopic (exact) mass is 396 g/mol. The van der Waals surface area contributed by atoms with E-state index in [0.717, 1.165) is 24.8 Å². The Morgan fingerprint density at radius 1 is 1.19 bits per heavy atom. The van der Waals surface area contributed by atoms with E-state index in [4.69, 9.17) is 4.74 Å². The molecule has 1 amide bonds. The number of esters is 1. The summed E-state index contributed by atoms with van der Waals surface area (Å²) < 4.78 is 32.0. The van der Waals surface area contributed by atoms with Crippen molar-refractivity contribution >= 4 is 21.9 Å². The smallest absolute Gasteiger partial charge is 0.324 e. The van der Waals surface area contributed by atoms with Gasteiger partial charge in [0.15, 0.2) is 6.61 Å². The van der Waals surface area contributed by atoms with Gasteiger partial charge in [0.2, 0.25) is 10.0 Å². The van der Waals surface area contributed by atoms with Crippen molar-refractivity contribution < 1.29 is 22.7 Å². The van der Waals surface area contributed by atoms with E-state index in [-0.39, 0.29) is 29.5 Å². The van der Waals surface area contributed by atoms with Crippen molar-refractivity contribution in [3.8, 4) is 0 Å². The van der Waals surface area contributed by atoms with E-state index in [1.807, 2.05) is 20.8 Å². The first-order valence-electron chi connectivity index (χ1n) is 9.18. The third-order valence-electron chi connectivity index (χ3n) is 4.84. The lowest BCUT2D eigenvalue weighted by Gasteiger charge is -2.38. The van der Waals surface area contributed by atoms with Crippen LogP contribution in [-0.4, -0.2) is 49.9 Å². The molecule has 0 radical (unpaired) electrons. The maximum absolute atomic E-state index is 12.4. The SMILES string of the molecule is Cc1ccc(S(=O)(=O)N[C@@H](C)C(=O)OCC(=O)N2[C@H](C)CCC[C@@H]2C)cc1. The second kappa shape index (κ2) is 8.84. The first kappa shape index (κ1) is 21.4. The number of sulfonamides is 1. The first-order chi connectivity index (χ1) is 12.6. The molecule has 1 saturated heterocycles. The van der Waals surface area contributed by atoms with Crippen LogP contribution in [0.5, 0.6) is 0 Å². The van der Waals surface area contributed by atoms with Crippen LogP contribution in [-0.2, 0) is 24.3 Å². The molecule has 0 spiro atoms. The zero-order valence-corrected chi connectivity index (χ0v) is 17.1. The molecule has 2 rings (SSSR count). The van der Waals surface area contributed by atoms with Crippen molar-refractivity contribution in [3.05, 3.63) is 29.8 Å². The highest BCUT2D eigenvalue weighted by atomic mass is 32.2. The van der Waals surface area contributed by atoms with Gasteiger partial charge in [-0.3, -0.25) is 9.59 Å². The molecule has 27 heavy (non-hydrogen) atoms. The van der Waals surface area contributed by atoms with Crippen LogP contribution >= 0.6 is 0 Å². The fourth-order valence-electron chi connectivity index (χ4n) is 3.31. The van der Waals surface area contributed by atoms with E-state index in [0.29, 0.717) is 0 Å². The van der Waals surface area contributed by atoms with Crippen LogP contribution in [0, 0.1) is 6.92 Å². The highest BCUT2D eigenvalue weighted by Crippen LogP contribution is 2.22. The Balaban J connectivity index is 1.91. The zero-order valence-electron chi connectivity index (χ0n) is 16.3. The quantitative estimate of drug-likeness (QED) is 0.743. The highest BCUT2D eigenvalue weighted by Gasteiger charge is 2.30. The maximum atomic E-state index is 12.4. The molecule has 1 fully saturated rings. The topological polar surface area (TPSA) is 92.8 Å². The summed E-state index contributed by atoms with van der Waals surface area (Å²) in [6, 6.07) is 5.42. The summed E-state index contributed by atoms with van der Waals surface area (Å²) in [7, 11) is -3.84. The summed E-state index contributed by atoms with van der Waals surface area (Å²) in [6.07, 6.45) is 2.93. The molecule has 1 aliphatic heterocycles. The molecule has 3 atom stereocenters. The molecule has 0 aliphatic carbocycles. The Kier molecular flexibility index (Phi) is 7.00. The van der Waals surface area contributed by atoms with Crippen LogP contribution in [0.25, 0.3) is 0 Å². The molecule has 8 heteroatoms. The number of nitrogens with zero attached hydrogens (tertiary/aromatic N) is 1. The van der Waals surface area contributed by atoms with Crippen LogP contribution < -0.4 is 4.72 Å². The number of nitrogens with one attached hydrogen (secondary N) is 1. The molecule has 150 valence electrons. The minimum Gasteiger partial charge on any atom is -0.454 e. The molecular weight excluding hydrogens is 368 g/mol. The van der Waals surface area contributed by atoms with Crippen molar-refractivity contribution in [3.63, 3.8) is 0 Å². The largest absolute Gasteiger partial charge is 0.454 e. The Bertz CT molecular complexity index is 766. The van der Waals surface area contributed by atoms with Crippen molar-refractivity contribution in [1.82, 2.24) is 9.62 Å². The van der Waals surface area contributed by atoms with E-state index in [2.05, 4.69) is 4.72 Å². The van der Waals surface area contributed by atoms with Gasteiger partial charge in [-0.05, 0) is 59.1 Å². The number of carbonyl (C=O) groups is 2. The van der Waals surface area contributed by atoms with Crippen LogP contribution in [0.3, 0.4) is 0 Å². The normalized spacial score (nSPS) is 21.6. The third-order valence-corrected chi connectivity index (χ3v) is 6.39. The van der Waals surface area contributed by atoms with Gasteiger partial charge < -0.3 is 9.64 Å². The van der Waals surface area contributed by atoms with E-state index in [9.17, 15) is 18.0 Å². The lowest BCUT2D eigenvalue weighted by molar-refractivity contribution is -0.155. The second-order valence-corrected chi connectivity index (χ2v) is 8.91. The van der Waals surface area contributed by atoms with E-state index in [1.54, 1.807) is 17.0 Å². The minimum absolute atomic E-state index is 0.0693. The predicted molar refractivity (Wildman–Crippen MR) is 102 cm³/mol. The van der Waals surface area contributed by atoms with Gasteiger partial charge in [-0.15, -0.1) is 0 Å². The number of ether oxygens (including phenoxy) is 1. The average molecular weight is 397 g/mol. The number of amides is 1. The molecule has 0 saturated carbocycles. The Hall–Kier alpha value is -1.93. The van der Waals surface area contributed by atoms with Gasteiger partial charge in [0.1, 0.15) is 6.04 Å². The summed E-state index contributed by atoms with van der Waals surface area (Å²) in [4.78, 5) is 26.3. The average Bonchev–Trinajstić information content (AvgIpc) is 2.59. The van der Waals surface area contributed by atoms with Crippen LogP contribution in [0.2, 0.25) is 0 Å². The maximum Gasteiger partial charge on any atom is 0.324 e. The molecule has 1 heterocycles. The molecule has 7 nitrogen and oxygen atoms in total. The van der Waals surface area contributed by atoms with Crippen molar-refractivity contribution in [1.29, 1.82) is 0 Å². The van der Waals surface area contributed by atoms with Gasteiger partial charge >= 0.3 is 5.97 Å². The van der Waals surface area contributed by atoms with Crippen molar-refractivity contribution in [2.45, 2.75) is 70.0 Å². The van der Waals surface area contributed by atoms with Crippen molar-refractivity contribution in [2.75, 3.05) is 6.61 Å². The first-order valence-corrected chi connectivity index (χ1v) is 10.7. The number of likely N-dealkylation sites (tertiary alicyclic amines) is 1. The summed E-state index contributed by atoms with van der Waals surface area (Å²) in [6.45, 7) is 6.82. The molecule has 1 aromatic carbocycles. The lowest BCUT2D eigenvalue weighted by atomic mass is 9.97. The summed E-state index contributed by atoms with van der Waals surface area (Å²) >= 11 is 0. The Morgan fingerprint density at radius 3 is 2.30 bits per heavy atom. The Labute approximate surface area is 161 Å². The van der Waals surface area contributed by atoms with Crippen LogP contribution in [0.4, 0.5) is 0 Å². The zero-order chi connectivity index (χ0) is 20.2. The minimum atomic E-state index is -3.84. The van der Waals surface area contributed by atoms with Gasteiger partial charge in [0.05, 0.1) is 4.90 Å². The molecular formula is C19H28N2O5S. The molecule has 0 unspecified atom stereocenters. The van der Waals surface area contributed by atoms with E-state index < -0.39 is 22.0 Å².